The fourth-order valence-electron chi connectivity index (χ4n) is 1.85. The molecule has 0 saturated heterocycles. The molecule has 0 spiro atoms. The molecule has 0 radical (unpaired) electrons. The average Bonchev–Trinajstić information content (AvgIpc) is 2.24. The van der Waals surface area contributed by atoms with Gasteiger partial charge in [-0.3, -0.25) is 0 Å². The van der Waals surface area contributed by atoms with Gasteiger partial charge in [0, 0.05) is 26.1 Å². The van der Waals surface area contributed by atoms with Crippen LogP contribution in [0.3, 0.4) is 0 Å². The van der Waals surface area contributed by atoms with Crippen LogP contribution in [-0.4, -0.2) is 49.6 Å². The first-order valence-electron chi connectivity index (χ1n) is 5.55. The van der Waals surface area contributed by atoms with E-state index in [1.54, 1.807) is 13.8 Å². The standard InChI is InChI=1S/C12H20O6/c1-7(5-17-3)9(11(13)14)10(12(15)16)8(2)6-18-4/h7-8H,5-6H2,1-4H3,(H,13,14)(H,15,16)/b10-9+/t7-,8+. The van der Waals surface area contributed by atoms with Gasteiger partial charge in [0.25, 0.3) is 0 Å². The summed E-state index contributed by atoms with van der Waals surface area (Å²) < 4.78 is 9.77. The van der Waals surface area contributed by atoms with Crippen molar-refractivity contribution in [3.8, 4) is 0 Å². The van der Waals surface area contributed by atoms with E-state index >= 15 is 0 Å². The lowest BCUT2D eigenvalue weighted by Crippen LogP contribution is -2.25. The largest absolute Gasteiger partial charge is 0.478 e. The molecule has 0 aromatic rings. The van der Waals surface area contributed by atoms with Gasteiger partial charge in [0.05, 0.1) is 24.4 Å². The maximum absolute atomic E-state index is 11.3. The van der Waals surface area contributed by atoms with E-state index in [-0.39, 0.29) is 24.4 Å². The zero-order valence-corrected chi connectivity index (χ0v) is 11.1. The Morgan fingerprint density at radius 1 is 0.889 bits per heavy atom. The molecule has 0 aliphatic heterocycles. The third-order valence-corrected chi connectivity index (χ3v) is 2.57. The van der Waals surface area contributed by atoms with E-state index in [1.807, 2.05) is 0 Å². The van der Waals surface area contributed by atoms with Gasteiger partial charge in [0.1, 0.15) is 0 Å². The first-order chi connectivity index (χ1) is 8.36. The van der Waals surface area contributed by atoms with Gasteiger partial charge in [0.2, 0.25) is 0 Å². The zero-order valence-electron chi connectivity index (χ0n) is 11.1. The van der Waals surface area contributed by atoms with Crippen LogP contribution in [-0.2, 0) is 19.1 Å². The predicted molar refractivity (Wildman–Crippen MR) is 64.4 cm³/mol. The molecule has 0 aliphatic rings. The van der Waals surface area contributed by atoms with E-state index < -0.39 is 23.8 Å². The summed E-state index contributed by atoms with van der Waals surface area (Å²) >= 11 is 0. The number of carboxylic acid groups (broad SMARTS) is 2. The average molecular weight is 260 g/mol. The summed E-state index contributed by atoms with van der Waals surface area (Å²) in [4.78, 5) is 22.5. The van der Waals surface area contributed by atoms with Crippen molar-refractivity contribution in [2.45, 2.75) is 13.8 Å². The van der Waals surface area contributed by atoms with Crippen molar-refractivity contribution in [2.75, 3.05) is 27.4 Å². The lowest BCUT2D eigenvalue weighted by molar-refractivity contribution is -0.137. The van der Waals surface area contributed by atoms with Crippen LogP contribution >= 0.6 is 0 Å². The summed E-state index contributed by atoms with van der Waals surface area (Å²) in [6.07, 6.45) is 0. The van der Waals surface area contributed by atoms with E-state index in [0.717, 1.165) is 0 Å². The zero-order chi connectivity index (χ0) is 14.3. The van der Waals surface area contributed by atoms with Crippen molar-refractivity contribution < 1.29 is 29.3 Å². The van der Waals surface area contributed by atoms with Crippen LogP contribution in [0.25, 0.3) is 0 Å². The molecule has 6 nitrogen and oxygen atoms in total. The van der Waals surface area contributed by atoms with Crippen molar-refractivity contribution in [1.29, 1.82) is 0 Å². The monoisotopic (exact) mass is 260 g/mol. The minimum absolute atomic E-state index is 0.131. The molecule has 0 amide bonds. The van der Waals surface area contributed by atoms with Crippen LogP contribution in [0.15, 0.2) is 11.1 Å². The Hall–Kier alpha value is -1.40. The van der Waals surface area contributed by atoms with Gasteiger partial charge in [-0.2, -0.15) is 0 Å². The van der Waals surface area contributed by atoms with Crippen molar-refractivity contribution in [1.82, 2.24) is 0 Å². The number of ether oxygens (including phenoxy) is 2. The maximum Gasteiger partial charge on any atom is 0.332 e. The molecule has 2 atom stereocenters. The molecule has 0 unspecified atom stereocenters. The number of carbonyl (C=O) groups is 2. The SMILES string of the molecule is COC[C@@H](C)/C(C(=O)O)=C(\C(=O)O)[C@@H](C)COC. The Balaban J connectivity index is 5.57. The van der Waals surface area contributed by atoms with E-state index in [2.05, 4.69) is 0 Å². The minimum Gasteiger partial charge on any atom is -0.478 e. The summed E-state index contributed by atoms with van der Waals surface area (Å²) in [6, 6.07) is 0. The second-order valence-electron chi connectivity index (χ2n) is 4.15. The van der Waals surface area contributed by atoms with Crippen molar-refractivity contribution in [3.63, 3.8) is 0 Å². The molecule has 0 aliphatic carbocycles. The van der Waals surface area contributed by atoms with Gasteiger partial charge in [0.15, 0.2) is 0 Å². The van der Waals surface area contributed by atoms with E-state index in [0.29, 0.717) is 0 Å². The molecule has 18 heavy (non-hydrogen) atoms. The van der Waals surface area contributed by atoms with Crippen LogP contribution in [0.4, 0.5) is 0 Å². The number of carboxylic acids is 2. The second kappa shape index (κ2) is 7.84. The smallest absolute Gasteiger partial charge is 0.332 e. The molecule has 6 heteroatoms. The topological polar surface area (TPSA) is 93.1 Å². The molecule has 0 aromatic carbocycles. The molecule has 2 N–H and O–H groups in total. The van der Waals surface area contributed by atoms with Gasteiger partial charge in [-0.1, -0.05) is 13.8 Å². The highest BCUT2D eigenvalue weighted by molar-refractivity contribution is 5.99. The molecule has 0 rings (SSSR count). The van der Waals surface area contributed by atoms with E-state index in [1.165, 1.54) is 14.2 Å². The van der Waals surface area contributed by atoms with E-state index in [9.17, 15) is 19.8 Å². The molecule has 0 fully saturated rings. The van der Waals surface area contributed by atoms with Crippen LogP contribution in [0, 0.1) is 11.8 Å². The highest BCUT2D eigenvalue weighted by atomic mass is 16.5. The first-order valence-corrected chi connectivity index (χ1v) is 5.55. The number of hydrogen-bond donors (Lipinski definition) is 2. The van der Waals surface area contributed by atoms with E-state index in [4.69, 9.17) is 9.47 Å². The van der Waals surface area contributed by atoms with Crippen LogP contribution in [0.5, 0.6) is 0 Å². The molecular formula is C12H20O6. The first kappa shape index (κ1) is 16.6. The molecule has 0 saturated carbocycles. The lowest BCUT2D eigenvalue weighted by atomic mass is 9.89. The Morgan fingerprint density at radius 3 is 1.33 bits per heavy atom. The van der Waals surface area contributed by atoms with Gasteiger partial charge in [-0.25, -0.2) is 9.59 Å². The summed E-state index contributed by atoms with van der Waals surface area (Å²) in [5, 5.41) is 18.4. The minimum atomic E-state index is -1.24. The fourth-order valence-corrected chi connectivity index (χ4v) is 1.85. The molecule has 0 heterocycles. The summed E-state index contributed by atoms with van der Waals surface area (Å²) in [7, 11) is 2.88. The Bertz CT molecular complexity index is 301. The molecular weight excluding hydrogens is 240 g/mol. The van der Waals surface area contributed by atoms with Gasteiger partial charge < -0.3 is 19.7 Å². The third-order valence-electron chi connectivity index (χ3n) is 2.57. The lowest BCUT2D eigenvalue weighted by Gasteiger charge is -2.19. The summed E-state index contributed by atoms with van der Waals surface area (Å²) in [5.74, 6) is -3.48. The number of aliphatic carboxylic acids is 2. The predicted octanol–water partition coefficient (Wildman–Crippen LogP) is 1.02. The quantitative estimate of drug-likeness (QED) is 0.633. The Kier molecular flexibility index (Phi) is 7.23. The summed E-state index contributed by atoms with van der Waals surface area (Å²) in [5.41, 5.74) is -0.261. The third kappa shape index (κ3) is 4.46. The fraction of sp³-hybridized carbons (Fsp3) is 0.667. The number of methoxy groups -OCH3 is 2. The Morgan fingerprint density at radius 2 is 1.17 bits per heavy atom. The molecule has 0 aromatic heterocycles. The maximum atomic E-state index is 11.3. The van der Waals surface area contributed by atoms with Crippen LogP contribution in [0.2, 0.25) is 0 Å². The molecule has 104 valence electrons. The second-order valence-corrected chi connectivity index (χ2v) is 4.15. The Labute approximate surface area is 106 Å². The number of hydrogen-bond acceptors (Lipinski definition) is 4. The number of rotatable bonds is 8. The van der Waals surface area contributed by atoms with Crippen LogP contribution < -0.4 is 0 Å². The highest BCUT2D eigenvalue weighted by Gasteiger charge is 2.28. The van der Waals surface area contributed by atoms with Crippen molar-refractivity contribution in [2.24, 2.45) is 11.8 Å². The highest BCUT2D eigenvalue weighted by Crippen LogP contribution is 2.23. The van der Waals surface area contributed by atoms with Gasteiger partial charge >= 0.3 is 11.9 Å². The van der Waals surface area contributed by atoms with Crippen molar-refractivity contribution >= 4 is 11.9 Å². The summed E-state index contributed by atoms with van der Waals surface area (Å²) in [6.45, 7) is 3.54. The normalized spacial score (nSPS) is 15.8. The van der Waals surface area contributed by atoms with Crippen LogP contribution in [0.1, 0.15) is 13.8 Å². The van der Waals surface area contributed by atoms with Crippen molar-refractivity contribution in [3.05, 3.63) is 11.1 Å². The van der Waals surface area contributed by atoms with Gasteiger partial charge in [-0.05, 0) is 0 Å². The van der Waals surface area contributed by atoms with Gasteiger partial charge in [-0.15, -0.1) is 0 Å². The molecule has 0 bridgehead atoms.